The summed E-state index contributed by atoms with van der Waals surface area (Å²) in [7, 11) is 0. The molecule has 4 aromatic carbocycles. The Bertz CT molecular complexity index is 1660. The van der Waals surface area contributed by atoms with Crippen LogP contribution in [-0.2, 0) is 12.0 Å². The van der Waals surface area contributed by atoms with E-state index in [1.807, 2.05) is 24.5 Å². The van der Waals surface area contributed by atoms with Crippen LogP contribution < -0.4 is 5.32 Å². The van der Waals surface area contributed by atoms with Crippen LogP contribution in [-0.4, -0.2) is 21.4 Å². The SMILES string of the molecule is CC1(C)C(c2cnn(-c3ccc(C(=O)NCc4ccc(F)cc4)cc3)c2)=Nc2ccc3ccccc3c21. The molecular weight excluding hydrogens is 463 g/mol. The molecule has 5 nitrogen and oxygen atoms in total. The zero-order valence-corrected chi connectivity index (χ0v) is 20.6. The molecule has 6 rings (SSSR count). The standard InChI is InChI=1S/C31H25FN4O/c1-31(2)28-26-6-4-3-5-21(26)11-16-27(28)35-29(31)23-18-34-36(19-23)25-14-9-22(10-15-25)30(37)33-17-20-7-12-24(32)13-8-20/h3-16,18-19H,17H2,1-2H3,(H,33,37). The predicted molar refractivity (Wildman–Crippen MR) is 144 cm³/mol. The van der Waals surface area contributed by atoms with E-state index in [2.05, 4.69) is 60.7 Å². The van der Waals surface area contributed by atoms with Crippen molar-refractivity contribution >= 4 is 28.1 Å². The minimum Gasteiger partial charge on any atom is -0.348 e. The van der Waals surface area contributed by atoms with E-state index >= 15 is 0 Å². The van der Waals surface area contributed by atoms with Crippen molar-refractivity contribution in [1.29, 1.82) is 0 Å². The van der Waals surface area contributed by atoms with Gasteiger partial charge in [-0.3, -0.25) is 9.79 Å². The number of nitrogens with one attached hydrogen (secondary N) is 1. The number of benzene rings is 4. The minimum absolute atomic E-state index is 0.191. The molecule has 1 N–H and O–H groups in total. The van der Waals surface area contributed by atoms with E-state index in [0.29, 0.717) is 12.1 Å². The Kier molecular flexibility index (Phi) is 5.45. The van der Waals surface area contributed by atoms with E-state index in [0.717, 1.165) is 28.2 Å². The number of nitrogens with zero attached hydrogens (tertiary/aromatic N) is 3. The number of carbonyl (C=O) groups is 1. The van der Waals surface area contributed by atoms with Crippen LogP contribution in [0.5, 0.6) is 0 Å². The second-order valence-electron chi connectivity index (χ2n) is 9.80. The van der Waals surface area contributed by atoms with Gasteiger partial charge in [0.15, 0.2) is 0 Å². The van der Waals surface area contributed by atoms with Gasteiger partial charge in [0, 0.05) is 29.3 Å². The number of fused-ring (bicyclic) bond motifs is 3. The first-order valence-electron chi connectivity index (χ1n) is 12.2. The molecule has 37 heavy (non-hydrogen) atoms. The monoisotopic (exact) mass is 488 g/mol. The largest absolute Gasteiger partial charge is 0.348 e. The molecule has 182 valence electrons. The lowest BCUT2D eigenvalue weighted by Gasteiger charge is -2.23. The summed E-state index contributed by atoms with van der Waals surface area (Å²) in [5, 5.41) is 9.89. The van der Waals surface area contributed by atoms with Gasteiger partial charge in [0.1, 0.15) is 5.82 Å². The normalized spacial score (nSPS) is 13.9. The molecule has 0 atom stereocenters. The molecule has 5 aromatic rings. The maximum absolute atomic E-state index is 13.1. The highest BCUT2D eigenvalue weighted by atomic mass is 19.1. The van der Waals surface area contributed by atoms with Crippen LogP contribution in [0.2, 0.25) is 0 Å². The van der Waals surface area contributed by atoms with Gasteiger partial charge in [0.25, 0.3) is 5.91 Å². The van der Waals surface area contributed by atoms with Crippen molar-refractivity contribution in [2.75, 3.05) is 0 Å². The molecule has 1 aliphatic heterocycles. The van der Waals surface area contributed by atoms with Gasteiger partial charge in [-0.05, 0) is 64.4 Å². The molecule has 2 heterocycles. The first-order valence-corrected chi connectivity index (χ1v) is 12.2. The van der Waals surface area contributed by atoms with Crippen molar-refractivity contribution in [1.82, 2.24) is 15.1 Å². The predicted octanol–water partition coefficient (Wildman–Crippen LogP) is 6.51. The molecule has 0 bridgehead atoms. The van der Waals surface area contributed by atoms with Gasteiger partial charge in [-0.15, -0.1) is 0 Å². The molecule has 0 spiro atoms. The van der Waals surface area contributed by atoms with E-state index in [9.17, 15) is 9.18 Å². The summed E-state index contributed by atoms with van der Waals surface area (Å²) in [4.78, 5) is 17.6. The molecule has 1 aliphatic rings. The minimum atomic E-state index is -0.297. The van der Waals surface area contributed by atoms with Crippen LogP contribution >= 0.6 is 0 Å². The Labute approximate surface area is 214 Å². The zero-order chi connectivity index (χ0) is 25.6. The van der Waals surface area contributed by atoms with Gasteiger partial charge >= 0.3 is 0 Å². The van der Waals surface area contributed by atoms with Crippen molar-refractivity contribution in [2.45, 2.75) is 25.8 Å². The fraction of sp³-hybridized carbons (Fsp3) is 0.129. The summed E-state index contributed by atoms with van der Waals surface area (Å²) in [6.45, 7) is 4.75. The first-order chi connectivity index (χ1) is 17.9. The number of rotatable bonds is 5. The number of hydrogen-bond donors (Lipinski definition) is 1. The third-order valence-electron chi connectivity index (χ3n) is 6.97. The molecule has 0 aliphatic carbocycles. The van der Waals surface area contributed by atoms with Crippen molar-refractivity contribution in [3.05, 3.63) is 125 Å². The summed E-state index contributed by atoms with van der Waals surface area (Å²) in [6.07, 6.45) is 3.83. The number of aromatic nitrogens is 2. The van der Waals surface area contributed by atoms with Crippen molar-refractivity contribution in [3.63, 3.8) is 0 Å². The smallest absolute Gasteiger partial charge is 0.251 e. The van der Waals surface area contributed by atoms with Gasteiger partial charge in [-0.2, -0.15) is 5.10 Å². The first kappa shape index (κ1) is 22.9. The number of carbonyl (C=O) groups excluding carboxylic acids is 1. The van der Waals surface area contributed by atoms with Crippen LogP contribution in [0.4, 0.5) is 10.1 Å². The third kappa shape index (κ3) is 4.10. The van der Waals surface area contributed by atoms with Gasteiger partial charge in [-0.1, -0.05) is 56.3 Å². The molecule has 0 radical (unpaired) electrons. The van der Waals surface area contributed by atoms with Crippen LogP contribution in [0.25, 0.3) is 16.5 Å². The molecule has 0 unspecified atom stereocenters. The number of amides is 1. The molecule has 1 aromatic heterocycles. The molecule has 6 heteroatoms. The van der Waals surface area contributed by atoms with Crippen LogP contribution in [0, 0.1) is 5.82 Å². The van der Waals surface area contributed by atoms with Crippen LogP contribution in [0.15, 0.2) is 102 Å². The van der Waals surface area contributed by atoms with E-state index in [-0.39, 0.29) is 17.1 Å². The summed E-state index contributed by atoms with van der Waals surface area (Å²) in [5.41, 5.74) is 6.15. The quantitative estimate of drug-likeness (QED) is 0.307. The highest BCUT2D eigenvalue weighted by Crippen LogP contribution is 2.45. The lowest BCUT2D eigenvalue weighted by atomic mass is 9.77. The topological polar surface area (TPSA) is 59.3 Å². The van der Waals surface area contributed by atoms with Crippen molar-refractivity contribution < 1.29 is 9.18 Å². The lowest BCUT2D eigenvalue weighted by Crippen LogP contribution is -2.26. The Balaban J connectivity index is 1.20. The molecule has 1 amide bonds. The average molecular weight is 489 g/mol. The van der Waals surface area contributed by atoms with Crippen LogP contribution in [0.3, 0.4) is 0 Å². The van der Waals surface area contributed by atoms with E-state index < -0.39 is 0 Å². The fourth-order valence-corrected chi connectivity index (χ4v) is 5.05. The van der Waals surface area contributed by atoms with Crippen LogP contribution in [0.1, 0.15) is 40.9 Å². The third-order valence-corrected chi connectivity index (χ3v) is 6.97. The average Bonchev–Trinajstić information content (AvgIpc) is 3.50. The van der Waals surface area contributed by atoms with Gasteiger partial charge in [0.2, 0.25) is 0 Å². The molecular formula is C31H25FN4O. The van der Waals surface area contributed by atoms with E-state index in [1.54, 1.807) is 28.9 Å². The Morgan fingerprint density at radius 3 is 2.49 bits per heavy atom. The summed E-state index contributed by atoms with van der Waals surface area (Å²) in [6, 6.07) is 26.0. The summed E-state index contributed by atoms with van der Waals surface area (Å²) < 4.78 is 14.9. The molecule has 0 fully saturated rings. The molecule has 0 saturated carbocycles. The van der Waals surface area contributed by atoms with E-state index in [1.165, 1.54) is 28.5 Å². The van der Waals surface area contributed by atoms with Gasteiger partial charge in [0.05, 0.1) is 23.3 Å². The zero-order valence-electron chi connectivity index (χ0n) is 20.6. The maximum atomic E-state index is 13.1. The highest BCUT2D eigenvalue weighted by molar-refractivity contribution is 6.15. The second kappa shape index (κ2) is 8.82. The lowest BCUT2D eigenvalue weighted by molar-refractivity contribution is 0.0951. The Hall–Kier alpha value is -4.58. The summed E-state index contributed by atoms with van der Waals surface area (Å²) in [5.74, 6) is -0.488. The van der Waals surface area contributed by atoms with E-state index in [4.69, 9.17) is 4.99 Å². The number of halogens is 1. The van der Waals surface area contributed by atoms with Gasteiger partial charge < -0.3 is 5.32 Å². The second-order valence-corrected chi connectivity index (χ2v) is 9.80. The Morgan fingerprint density at radius 1 is 0.946 bits per heavy atom. The molecule has 0 saturated heterocycles. The number of aliphatic imine (C=N–C) groups is 1. The van der Waals surface area contributed by atoms with Crippen molar-refractivity contribution in [3.8, 4) is 5.69 Å². The Morgan fingerprint density at radius 2 is 1.70 bits per heavy atom. The summed E-state index contributed by atoms with van der Waals surface area (Å²) >= 11 is 0. The highest BCUT2D eigenvalue weighted by Gasteiger charge is 2.37. The van der Waals surface area contributed by atoms with Crippen molar-refractivity contribution in [2.24, 2.45) is 4.99 Å². The maximum Gasteiger partial charge on any atom is 0.251 e. The number of hydrogen-bond acceptors (Lipinski definition) is 3. The van der Waals surface area contributed by atoms with Gasteiger partial charge in [-0.25, -0.2) is 9.07 Å². The fourth-order valence-electron chi connectivity index (χ4n) is 5.05.